The van der Waals surface area contributed by atoms with Gasteiger partial charge in [-0.05, 0) is 18.1 Å². The molecule has 0 saturated heterocycles. The zero-order chi connectivity index (χ0) is 14.8. The van der Waals surface area contributed by atoms with Gasteiger partial charge in [0.25, 0.3) is 0 Å². The average molecular weight is 279 g/mol. The molecule has 6 heteroatoms. The number of halogens is 4. The lowest BCUT2D eigenvalue weighted by atomic mass is 9.89. The topological polar surface area (TPSA) is 46.2 Å². The van der Waals surface area contributed by atoms with Crippen LogP contribution in [0.5, 0.6) is 0 Å². The van der Waals surface area contributed by atoms with Gasteiger partial charge in [-0.15, -0.1) is 0 Å². The summed E-state index contributed by atoms with van der Waals surface area (Å²) in [6.45, 7) is 3.42. The van der Waals surface area contributed by atoms with Crippen molar-refractivity contribution in [3.8, 4) is 0 Å². The van der Waals surface area contributed by atoms with Crippen LogP contribution in [0.1, 0.15) is 37.4 Å². The first-order chi connectivity index (χ1) is 8.70. The molecule has 1 unspecified atom stereocenters. The van der Waals surface area contributed by atoms with Gasteiger partial charge in [0, 0.05) is 5.56 Å². The molecule has 0 aliphatic rings. The molecule has 0 aliphatic heterocycles. The Bertz CT molecular complexity index is 433. The highest BCUT2D eigenvalue weighted by Crippen LogP contribution is 2.37. The van der Waals surface area contributed by atoms with Gasteiger partial charge in [0.05, 0.1) is 17.7 Å². The third-order valence-electron chi connectivity index (χ3n) is 3.29. The van der Waals surface area contributed by atoms with E-state index >= 15 is 0 Å². The van der Waals surface area contributed by atoms with Gasteiger partial charge in [0.2, 0.25) is 0 Å². The molecule has 0 radical (unpaired) electrons. The average Bonchev–Trinajstić information content (AvgIpc) is 2.34. The molecule has 0 fully saturated rings. The lowest BCUT2D eigenvalue weighted by Crippen LogP contribution is -2.34. The van der Waals surface area contributed by atoms with Gasteiger partial charge in [-0.25, -0.2) is 4.39 Å². The molecular weight excluding hydrogens is 262 g/mol. The molecule has 0 aromatic heterocycles. The van der Waals surface area contributed by atoms with Crippen LogP contribution in [0.25, 0.3) is 0 Å². The Hall–Kier alpha value is -1.14. The first-order valence-electron chi connectivity index (χ1n) is 5.99. The zero-order valence-corrected chi connectivity index (χ0v) is 10.7. The minimum absolute atomic E-state index is 0.323. The number of aliphatic hydroxyl groups is 1. The quantitative estimate of drug-likeness (QED) is 0.831. The van der Waals surface area contributed by atoms with Crippen molar-refractivity contribution in [2.24, 2.45) is 11.7 Å². The molecule has 0 amide bonds. The summed E-state index contributed by atoms with van der Waals surface area (Å²) in [6, 6.07) is 1.24. The Labute approximate surface area is 109 Å². The number of nitrogens with two attached hydrogens (primary N) is 1. The van der Waals surface area contributed by atoms with E-state index in [1.54, 1.807) is 13.8 Å². The second-order valence-electron chi connectivity index (χ2n) is 4.60. The molecular formula is C13H17F4NO. The minimum Gasteiger partial charge on any atom is -0.391 e. The number of benzene rings is 1. The fourth-order valence-electron chi connectivity index (χ4n) is 1.89. The van der Waals surface area contributed by atoms with Crippen LogP contribution in [0, 0.1) is 11.7 Å². The number of hydrogen-bond donors (Lipinski definition) is 2. The third kappa shape index (κ3) is 3.45. The van der Waals surface area contributed by atoms with Crippen molar-refractivity contribution in [2.45, 2.75) is 38.6 Å². The largest absolute Gasteiger partial charge is 0.416 e. The van der Waals surface area contributed by atoms with E-state index in [0.717, 1.165) is 18.2 Å². The summed E-state index contributed by atoms with van der Waals surface area (Å²) in [5, 5.41) is 9.90. The number of rotatable bonds is 4. The van der Waals surface area contributed by atoms with Gasteiger partial charge >= 0.3 is 6.18 Å². The van der Waals surface area contributed by atoms with Crippen molar-refractivity contribution >= 4 is 0 Å². The van der Waals surface area contributed by atoms with E-state index in [1.807, 2.05) is 0 Å². The van der Waals surface area contributed by atoms with Crippen LogP contribution in [0.4, 0.5) is 17.6 Å². The predicted octanol–water partition coefficient (Wildman–Crippen LogP) is 3.25. The normalized spacial score (nSPS) is 17.1. The maximum atomic E-state index is 13.7. The highest BCUT2D eigenvalue weighted by molar-refractivity contribution is 5.34. The van der Waals surface area contributed by atoms with Crippen LogP contribution in [-0.2, 0) is 6.18 Å². The molecule has 108 valence electrons. The van der Waals surface area contributed by atoms with E-state index in [1.165, 1.54) is 0 Å². The van der Waals surface area contributed by atoms with Gasteiger partial charge in [-0.3, -0.25) is 0 Å². The van der Waals surface area contributed by atoms with Crippen LogP contribution >= 0.6 is 0 Å². The van der Waals surface area contributed by atoms with E-state index in [-0.39, 0.29) is 5.92 Å². The second kappa shape index (κ2) is 5.88. The second-order valence-corrected chi connectivity index (χ2v) is 4.60. The monoisotopic (exact) mass is 279 g/mol. The van der Waals surface area contributed by atoms with Crippen molar-refractivity contribution in [1.82, 2.24) is 0 Å². The number of alkyl halides is 3. The Balaban J connectivity index is 3.26. The lowest BCUT2D eigenvalue weighted by Gasteiger charge is -2.26. The van der Waals surface area contributed by atoms with Crippen molar-refractivity contribution in [3.05, 3.63) is 35.1 Å². The highest BCUT2D eigenvalue weighted by atomic mass is 19.4. The van der Waals surface area contributed by atoms with Gasteiger partial charge < -0.3 is 10.8 Å². The first kappa shape index (κ1) is 15.9. The first-order valence-corrected chi connectivity index (χ1v) is 5.99. The standard InChI is InChI=1S/C13H17F4NO/c1-3-7(2)12(19)11(18)10-8(13(15,16)17)5-4-6-9(10)14/h4-7,11-12,19H,3,18H2,1-2H3/t7?,11-,12+/m0/s1. The summed E-state index contributed by atoms with van der Waals surface area (Å²) < 4.78 is 52.2. The summed E-state index contributed by atoms with van der Waals surface area (Å²) in [7, 11) is 0. The number of aliphatic hydroxyl groups excluding tert-OH is 1. The Morgan fingerprint density at radius 2 is 1.89 bits per heavy atom. The van der Waals surface area contributed by atoms with E-state index in [9.17, 15) is 22.7 Å². The fraction of sp³-hybridized carbons (Fsp3) is 0.538. The van der Waals surface area contributed by atoms with Crippen molar-refractivity contribution in [2.75, 3.05) is 0 Å². The maximum Gasteiger partial charge on any atom is 0.416 e. The minimum atomic E-state index is -4.70. The summed E-state index contributed by atoms with van der Waals surface area (Å²) in [5.74, 6) is -1.37. The Kier molecular flexibility index (Phi) is 4.92. The fourth-order valence-corrected chi connectivity index (χ4v) is 1.89. The summed E-state index contributed by atoms with van der Waals surface area (Å²) in [5.41, 5.74) is 3.81. The molecule has 0 aliphatic carbocycles. The van der Waals surface area contributed by atoms with Crippen LogP contribution < -0.4 is 5.73 Å². The predicted molar refractivity (Wildman–Crippen MR) is 63.8 cm³/mol. The molecule has 0 saturated carbocycles. The lowest BCUT2D eigenvalue weighted by molar-refractivity contribution is -0.139. The zero-order valence-electron chi connectivity index (χ0n) is 10.7. The molecule has 1 aromatic carbocycles. The Morgan fingerprint density at radius 1 is 1.32 bits per heavy atom. The van der Waals surface area contributed by atoms with Crippen molar-refractivity contribution in [3.63, 3.8) is 0 Å². The SMILES string of the molecule is CCC(C)[C@@H](O)[C@@H](N)c1c(F)cccc1C(F)(F)F. The summed E-state index contributed by atoms with van der Waals surface area (Å²) >= 11 is 0. The van der Waals surface area contributed by atoms with Crippen LogP contribution in [0.2, 0.25) is 0 Å². The van der Waals surface area contributed by atoms with Crippen LogP contribution in [0.3, 0.4) is 0 Å². The van der Waals surface area contributed by atoms with Crippen molar-refractivity contribution in [1.29, 1.82) is 0 Å². The van der Waals surface area contributed by atoms with Gasteiger partial charge in [-0.2, -0.15) is 13.2 Å². The van der Waals surface area contributed by atoms with E-state index in [4.69, 9.17) is 5.73 Å². The molecule has 0 heterocycles. The smallest absolute Gasteiger partial charge is 0.391 e. The van der Waals surface area contributed by atoms with Crippen LogP contribution in [0.15, 0.2) is 18.2 Å². The Morgan fingerprint density at radius 3 is 2.37 bits per heavy atom. The number of hydrogen-bond acceptors (Lipinski definition) is 2. The van der Waals surface area contributed by atoms with E-state index in [0.29, 0.717) is 6.42 Å². The molecule has 2 nitrogen and oxygen atoms in total. The highest BCUT2D eigenvalue weighted by Gasteiger charge is 2.38. The maximum absolute atomic E-state index is 13.7. The molecule has 0 bridgehead atoms. The molecule has 1 aromatic rings. The molecule has 1 rings (SSSR count). The molecule has 19 heavy (non-hydrogen) atoms. The van der Waals surface area contributed by atoms with Gasteiger partial charge in [-0.1, -0.05) is 26.3 Å². The summed E-state index contributed by atoms with van der Waals surface area (Å²) in [6.07, 6.45) is -5.41. The van der Waals surface area contributed by atoms with Gasteiger partial charge in [0.1, 0.15) is 5.82 Å². The van der Waals surface area contributed by atoms with E-state index in [2.05, 4.69) is 0 Å². The molecule has 0 spiro atoms. The van der Waals surface area contributed by atoms with E-state index < -0.39 is 35.3 Å². The van der Waals surface area contributed by atoms with Crippen molar-refractivity contribution < 1.29 is 22.7 Å². The molecule has 3 N–H and O–H groups in total. The van der Waals surface area contributed by atoms with Crippen LogP contribution in [-0.4, -0.2) is 11.2 Å². The van der Waals surface area contributed by atoms with Gasteiger partial charge in [0.15, 0.2) is 0 Å². The summed E-state index contributed by atoms with van der Waals surface area (Å²) in [4.78, 5) is 0. The molecule has 3 atom stereocenters. The third-order valence-corrected chi connectivity index (χ3v) is 3.29.